The fraction of sp³-hybridized carbons (Fsp3) is 0.261. The summed E-state index contributed by atoms with van der Waals surface area (Å²) in [5.74, 6) is -1.81. The van der Waals surface area contributed by atoms with Crippen LogP contribution in [0.2, 0.25) is 5.02 Å². The third-order valence-corrected chi connectivity index (χ3v) is 5.68. The molecule has 2 aromatic carbocycles. The van der Waals surface area contributed by atoms with Crippen LogP contribution in [0.1, 0.15) is 56.8 Å². The number of carboxylic acid groups (broad SMARTS) is 1. The lowest BCUT2D eigenvalue weighted by Gasteiger charge is -2.15. The van der Waals surface area contributed by atoms with Gasteiger partial charge in [0.25, 0.3) is 0 Å². The van der Waals surface area contributed by atoms with E-state index in [2.05, 4.69) is 5.10 Å². The predicted molar refractivity (Wildman–Crippen MR) is 113 cm³/mol. The number of aromatic carboxylic acids is 1. The largest absolute Gasteiger partial charge is 0.478 e. The number of ketones is 1. The summed E-state index contributed by atoms with van der Waals surface area (Å²) in [5, 5.41) is 13.1. The van der Waals surface area contributed by atoms with Gasteiger partial charge < -0.3 is 9.84 Å². The Morgan fingerprint density at radius 3 is 2.45 bits per heavy atom. The molecule has 4 rings (SSSR count). The molecule has 3 aromatic rings. The van der Waals surface area contributed by atoms with E-state index in [4.69, 9.17) is 21.4 Å². The second-order valence-corrected chi connectivity index (χ2v) is 7.95. The van der Waals surface area contributed by atoms with Crippen molar-refractivity contribution in [3.05, 3.63) is 75.4 Å². The predicted octanol–water partition coefficient (Wildman–Crippen LogP) is 5.58. The van der Waals surface area contributed by atoms with Crippen molar-refractivity contribution in [2.75, 3.05) is 6.61 Å². The fourth-order valence-electron chi connectivity index (χ4n) is 3.77. The van der Waals surface area contributed by atoms with Crippen molar-refractivity contribution in [1.29, 1.82) is 0 Å². The van der Waals surface area contributed by atoms with Gasteiger partial charge >= 0.3 is 12.1 Å². The van der Waals surface area contributed by atoms with Gasteiger partial charge in [0.15, 0.2) is 0 Å². The SMILES string of the molecule is O=C(O)c1ccc(-n2nc(C(=O)c3c(Cl)cccc3C(F)(F)F)c3c2OCCCCC3)cc1. The molecule has 0 aliphatic carbocycles. The molecule has 0 atom stereocenters. The zero-order valence-corrected chi connectivity index (χ0v) is 17.9. The second-order valence-electron chi connectivity index (χ2n) is 7.54. The van der Waals surface area contributed by atoms with Gasteiger partial charge in [-0.3, -0.25) is 4.79 Å². The summed E-state index contributed by atoms with van der Waals surface area (Å²) in [6.45, 7) is 0.347. The molecule has 1 N–H and O–H groups in total. The minimum Gasteiger partial charge on any atom is -0.478 e. The molecule has 0 radical (unpaired) electrons. The van der Waals surface area contributed by atoms with Crippen LogP contribution in [0.3, 0.4) is 0 Å². The van der Waals surface area contributed by atoms with Crippen LogP contribution in [0, 0.1) is 0 Å². The van der Waals surface area contributed by atoms with E-state index in [0.29, 0.717) is 30.7 Å². The quantitative estimate of drug-likeness (QED) is 0.495. The van der Waals surface area contributed by atoms with E-state index < -0.39 is 29.1 Å². The minimum atomic E-state index is -4.78. The average Bonchev–Trinajstić information content (AvgIpc) is 3.09. The molecule has 10 heteroatoms. The first-order valence-corrected chi connectivity index (χ1v) is 10.5. The number of halogens is 4. The number of alkyl halides is 3. The molecule has 33 heavy (non-hydrogen) atoms. The van der Waals surface area contributed by atoms with E-state index >= 15 is 0 Å². The third-order valence-electron chi connectivity index (χ3n) is 5.37. The normalized spacial score (nSPS) is 14.1. The van der Waals surface area contributed by atoms with Crippen LogP contribution in [-0.2, 0) is 12.6 Å². The molecule has 1 aromatic heterocycles. The highest BCUT2D eigenvalue weighted by Gasteiger charge is 2.38. The van der Waals surface area contributed by atoms with Crippen LogP contribution >= 0.6 is 11.6 Å². The number of hydrogen-bond acceptors (Lipinski definition) is 4. The lowest BCUT2D eigenvalue weighted by molar-refractivity contribution is -0.137. The van der Waals surface area contributed by atoms with E-state index in [-0.39, 0.29) is 22.2 Å². The monoisotopic (exact) mass is 478 g/mol. The lowest BCUT2D eigenvalue weighted by Crippen LogP contribution is -2.16. The van der Waals surface area contributed by atoms with Gasteiger partial charge in [-0.25, -0.2) is 9.48 Å². The van der Waals surface area contributed by atoms with Gasteiger partial charge in [-0.2, -0.15) is 18.3 Å². The van der Waals surface area contributed by atoms with Crippen molar-refractivity contribution in [2.45, 2.75) is 31.9 Å². The summed E-state index contributed by atoms with van der Waals surface area (Å²) >= 11 is 6.05. The highest BCUT2D eigenvalue weighted by Crippen LogP contribution is 2.38. The average molecular weight is 479 g/mol. The molecule has 0 fully saturated rings. The number of carbonyl (C=O) groups is 2. The topological polar surface area (TPSA) is 81.4 Å². The Bertz CT molecular complexity index is 1220. The van der Waals surface area contributed by atoms with Gasteiger partial charge in [0.2, 0.25) is 11.7 Å². The fourth-order valence-corrected chi connectivity index (χ4v) is 4.03. The van der Waals surface area contributed by atoms with Crippen molar-refractivity contribution in [2.24, 2.45) is 0 Å². The van der Waals surface area contributed by atoms with Crippen molar-refractivity contribution < 1.29 is 32.6 Å². The summed E-state index contributed by atoms with van der Waals surface area (Å²) in [6.07, 6.45) is -2.10. The molecule has 2 heterocycles. The number of carbonyl (C=O) groups excluding carboxylic acids is 1. The molecule has 1 aliphatic heterocycles. The van der Waals surface area contributed by atoms with Gasteiger partial charge in [-0.05, 0) is 62.1 Å². The Balaban J connectivity index is 1.89. The standard InChI is InChI=1S/C23H18ClF3N2O4/c24-17-7-4-6-16(23(25,26)27)18(17)20(30)19-15-5-2-1-3-12-33-21(15)29(28-19)14-10-8-13(9-11-14)22(31)32/h4,6-11H,1-3,5,12H2,(H,31,32). The van der Waals surface area contributed by atoms with Crippen molar-refractivity contribution in [3.8, 4) is 11.6 Å². The Hall–Kier alpha value is -3.33. The maximum Gasteiger partial charge on any atom is 0.417 e. The van der Waals surface area contributed by atoms with Crippen molar-refractivity contribution in [1.82, 2.24) is 9.78 Å². The molecule has 0 spiro atoms. The van der Waals surface area contributed by atoms with Crippen LogP contribution in [0.5, 0.6) is 5.88 Å². The first kappa shape index (κ1) is 22.8. The van der Waals surface area contributed by atoms with Gasteiger partial charge in [-0.15, -0.1) is 0 Å². The highest BCUT2D eigenvalue weighted by atomic mass is 35.5. The Morgan fingerprint density at radius 1 is 1.06 bits per heavy atom. The molecule has 0 saturated heterocycles. The summed E-state index contributed by atoms with van der Waals surface area (Å²) in [6, 6.07) is 8.89. The third kappa shape index (κ3) is 4.45. The highest BCUT2D eigenvalue weighted by molar-refractivity contribution is 6.35. The van der Waals surface area contributed by atoms with Crippen LogP contribution in [0.15, 0.2) is 42.5 Å². The molecule has 0 unspecified atom stereocenters. The van der Waals surface area contributed by atoms with Crippen LogP contribution in [-0.4, -0.2) is 33.2 Å². The second kappa shape index (κ2) is 8.90. The maximum atomic E-state index is 13.6. The zero-order valence-electron chi connectivity index (χ0n) is 17.2. The first-order valence-electron chi connectivity index (χ1n) is 10.2. The number of benzene rings is 2. The minimum absolute atomic E-state index is 0.0527. The van der Waals surface area contributed by atoms with Crippen molar-refractivity contribution in [3.63, 3.8) is 0 Å². The van der Waals surface area contributed by atoms with Crippen molar-refractivity contribution >= 4 is 23.4 Å². The van der Waals surface area contributed by atoms with Gasteiger partial charge in [0.05, 0.1) is 34.0 Å². The first-order chi connectivity index (χ1) is 15.7. The number of carboxylic acids is 1. The number of rotatable bonds is 4. The van der Waals surface area contributed by atoms with E-state index in [1.54, 1.807) is 0 Å². The van der Waals surface area contributed by atoms with E-state index in [0.717, 1.165) is 25.0 Å². The van der Waals surface area contributed by atoms with Crippen LogP contribution < -0.4 is 4.74 Å². The molecule has 0 saturated carbocycles. The maximum absolute atomic E-state index is 13.6. The molecule has 0 amide bonds. The number of hydrogen-bond donors (Lipinski definition) is 1. The molecular weight excluding hydrogens is 461 g/mol. The van der Waals surface area contributed by atoms with Gasteiger partial charge in [-0.1, -0.05) is 17.7 Å². The summed E-state index contributed by atoms with van der Waals surface area (Å²) in [7, 11) is 0. The molecule has 0 bridgehead atoms. The van der Waals surface area contributed by atoms with Gasteiger partial charge in [0, 0.05) is 5.56 Å². The van der Waals surface area contributed by atoms with Crippen LogP contribution in [0.4, 0.5) is 13.2 Å². The summed E-state index contributed by atoms with van der Waals surface area (Å²) in [5.41, 5.74) is -1.12. The smallest absolute Gasteiger partial charge is 0.417 e. The van der Waals surface area contributed by atoms with Crippen LogP contribution in [0.25, 0.3) is 5.69 Å². The molecule has 6 nitrogen and oxygen atoms in total. The Morgan fingerprint density at radius 2 is 1.79 bits per heavy atom. The van der Waals surface area contributed by atoms with E-state index in [1.165, 1.54) is 35.0 Å². The van der Waals surface area contributed by atoms with E-state index in [9.17, 15) is 22.8 Å². The molecule has 1 aliphatic rings. The number of aromatic nitrogens is 2. The summed E-state index contributed by atoms with van der Waals surface area (Å²) < 4.78 is 48.1. The Labute approximate surface area is 191 Å². The molecule has 172 valence electrons. The molecular formula is C23H18ClF3N2O4. The van der Waals surface area contributed by atoms with Gasteiger partial charge in [0.1, 0.15) is 5.69 Å². The summed E-state index contributed by atoms with van der Waals surface area (Å²) in [4.78, 5) is 24.6. The number of fused-ring (bicyclic) bond motifs is 1. The lowest BCUT2D eigenvalue weighted by atomic mass is 9.97. The number of ether oxygens (including phenoxy) is 1. The van der Waals surface area contributed by atoms with E-state index in [1.807, 2.05) is 0 Å². The zero-order chi connectivity index (χ0) is 23.8. The Kier molecular flexibility index (Phi) is 6.16. The number of nitrogens with zero attached hydrogens (tertiary/aromatic N) is 2.